The van der Waals surface area contributed by atoms with E-state index in [1.54, 1.807) is 4.80 Å². The van der Waals surface area contributed by atoms with Crippen LogP contribution in [0.25, 0.3) is 0 Å². The normalized spacial score (nSPS) is 10.1. The van der Waals surface area contributed by atoms with Crippen molar-refractivity contribution in [2.45, 2.75) is 13.0 Å². The third-order valence-electron chi connectivity index (χ3n) is 1.10. The van der Waals surface area contributed by atoms with Crippen molar-refractivity contribution < 1.29 is 0 Å². The summed E-state index contributed by atoms with van der Waals surface area (Å²) in [5.74, 6) is 1.15. The molecular weight excluding hydrogens is 148 g/mol. The molecule has 1 heterocycles. The van der Waals surface area contributed by atoms with Gasteiger partial charge in [0.2, 0.25) is 0 Å². The number of rotatable bonds is 4. The van der Waals surface area contributed by atoms with Crippen molar-refractivity contribution in [2.24, 2.45) is 0 Å². The minimum Gasteiger partial charge on any atom is -0.165 e. The summed E-state index contributed by atoms with van der Waals surface area (Å²) < 4.78 is 0. The van der Waals surface area contributed by atoms with E-state index in [-0.39, 0.29) is 0 Å². The first kappa shape index (κ1) is 7.53. The highest BCUT2D eigenvalue weighted by molar-refractivity contribution is 7.98. The van der Waals surface area contributed by atoms with Gasteiger partial charge < -0.3 is 0 Å². The fourth-order valence-electron chi connectivity index (χ4n) is 0.641. The van der Waals surface area contributed by atoms with Crippen LogP contribution in [0.4, 0.5) is 0 Å². The average molecular weight is 158 g/mol. The van der Waals surface area contributed by atoms with E-state index in [4.69, 9.17) is 0 Å². The van der Waals surface area contributed by atoms with Crippen LogP contribution in [0.1, 0.15) is 6.42 Å². The van der Waals surface area contributed by atoms with Crippen molar-refractivity contribution in [2.75, 3.05) is 12.0 Å². The minimum atomic E-state index is 0.876. The third kappa shape index (κ3) is 2.34. The van der Waals surface area contributed by atoms with Gasteiger partial charge >= 0.3 is 0 Å². The van der Waals surface area contributed by atoms with Crippen LogP contribution in [0, 0.1) is 0 Å². The summed E-state index contributed by atoms with van der Waals surface area (Å²) >= 11 is 1.83. The second kappa shape index (κ2) is 4.27. The van der Waals surface area contributed by atoms with Gasteiger partial charge in [-0.1, -0.05) is 0 Å². The second-order valence-electron chi connectivity index (χ2n) is 1.88. The van der Waals surface area contributed by atoms with Crippen molar-refractivity contribution in [3.63, 3.8) is 0 Å². The van der Waals surface area contributed by atoms with Crippen molar-refractivity contribution >= 4 is 11.8 Å². The largest absolute Gasteiger partial charge is 0.165 e. The molecule has 1 rings (SSSR count). The zero-order valence-electron chi connectivity index (χ0n) is 5.90. The van der Waals surface area contributed by atoms with Crippen LogP contribution in [-0.4, -0.2) is 32.2 Å². The highest BCUT2D eigenvalue weighted by atomic mass is 32.2. The first-order valence-corrected chi connectivity index (χ1v) is 4.52. The zero-order chi connectivity index (χ0) is 7.23. The van der Waals surface area contributed by atoms with Crippen LogP contribution in [0.2, 0.25) is 0 Å². The van der Waals surface area contributed by atoms with E-state index in [2.05, 4.69) is 21.7 Å². The lowest BCUT2D eigenvalue weighted by atomic mass is 10.5. The molecule has 1 aromatic heterocycles. The molecule has 0 saturated carbocycles. The van der Waals surface area contributed by atoms with Gasteiger partial charge in [0.1, 0.15) is 0 Å². The predicted octanol–water partition coefficient (Wildman–Crippen LogP) is 0.426. The number of tetrazole rings is 1. The molecule has 0 aliphatic rings. The van der Waals surface area contributed by atoms with E-state index in [1.807, 2.05) is 11.8 Å². The summed E-state index contributed by atoms with van der Waals surface area (Å²) in [5.41, 5.74) is 0. The Balaban J connectivity index is 2.15. The molecule has 4 nitrogen and oxygen atoms in total. The number of thioether (sulfide) groups is 1. The van der Waals surface area contributed by atoms with Gasteiger partial charge in [0.05, 0.1) is 6.54 Å². The molecule has 56 valence electrons. The summed E-state index contributed by atoms with van der Waals surface area (Å²) in [5, 5.41) is 11.2. The van der Waals surface area contributed by atoms with Crippen LogP contribution in [-0.2, 0) is 6.54 Å². The summed E-state index contributed by atoms with van der Waals surface area (Å²) in [6, 6.07) is 0. The quantitative estimate of drug-likeness (QED) is 0.596. The molecule has 0 unspecified atom stereocenters. The molecular formula is C5H10N4S. The molecule has 0 amide bonds. The standard InChI is InChI=1S/C5H10N4S/c1-10-4-2-3-9-7-5-6-8-9/h5H,2-4H2,1H3. The molecule has 10 heavy (non-hydrogen) atoms. The lowest BCUT2D eigenvalue weighted by Gasteiger charge is -1.94. The van der Waals surface area contributed by atoms with Gasteiger partial charge in [-0.3, -0.25) is 0 Å². The zero-order valence-corrected chi connectivity index (χ0v) is 6.71. The molecule has 0 aliphatic heterocycles. The van der Waals surface area contributed by atoms with Crippen LogP contribution in [0.15, 0.2) is 6.33 Å². The molecule has 0 radical (unpaired) electrons. The molecule has 0 atom stereocenters. The summed E-state index contributed by atoms with van der Waals surface area (Å²) in [6.07, 6.45) is 4.66. The molecule has 0 spiro atoms. The Labute approximate surface area is 64.0 Å². The molecule has 0 bridgehead atoms. The second-order valence-corrected chi connectivity index (χ2v) is 2.86. The van der Waals surface area contributed by atoms with Gasteiger partial charge in [0, 0.05) is 0 Å². The Hall–Kier alpha value is -0.580. The lowest BCUT2D eigenvalue weighted by Crippen LogP contribution is -2.02. The van der Waals surface area contributed by atoms with E-state index < -0.39 is 0 Å². The molecule has 0 N–H and O–H groups in total. The first-order chi connectivity index (χ1) is 4.93. The van der Waals surface area contributed by atoms with Gasteiger partial charge in [-0.15, -0.1) is 10.2 Å². The number of aromatic nitrogens is 4. The van der Waals surface area contributed by atoms with Crippen LogP contribution < -0.4 is 0 Å². The van der Waals surface area contributed by atoms with E-state index in [9.17, 15) is 0 Å². The molecule has 0 saturated heterocycles. The van der Waals surface area contributed by atoms with Crippen molar-refractivity contribution in [1.29, 1.82) is 0 Å². The van der Waals surface area contributed by atoms with Gasteiger partial charge in [-0.25, -0.2) is 0 Å². The van der Waals surface area contributed by atoms with Crippen LogP contribution in [0.3, 0.4) is 0 Å². The van der Waals surface area contributed by atoms with Gasteiger partial charge in [-0.2, -0.15) is 16.6 Å². The molecule has 0 aromatic carbocycles. The monoisotopic (exact) mass is 158 g/mol. The number of hydrogen-bond acceptors (Lipinski definition) is 4. The lowest BCUT2D eigenvalue weighted by molar-refractivity contribution is 0.517. The first-order valence-electron chi connectivity index (χ1n) is 3.13. The van der Waals surface area contributed by atoms with E-state index in [0.29, 0.717) is 0 Å². The Kier molecular flexibility index (Phi) is 3.21. The molecule has 1 aromatic rings. The Morgan fingerprint density at radius 2 is 2.50 bits per heavy atom. The third-order valence-corrected chi connectivity index (χ3v) is 1.79. The number of aryl methyl sites for hydroxylation is 1. The van der Waals surface area contributed by atoms with E-state index >= 15 is 0 Å². The van der Waals surface area contributed by atoms with Gasteiger partial charge in [0.15, 0.2) is 6.33 Å². The maximum Gasteiger partial charge on any atom is 0.162 e. The summed E-state index contributed by atoms with van der Waals surface area (Å²) in [6.45, 7) is 0.876. The minimum absolute atomic E-state index is 0.876. The Morgan fingerprint density at radius 1 is 1.60 bits per heavy atom. The van der Waals surface area contributed by atoms with Crippen molar-refractivity contribution in [3.05, 3.63) is 6.33 Å². The number of nitrogens with zero attached hydrogens (tertiary/aromatic N) is 4. The summed E-state index contributed by atoms with van der Waals surface area (Å²) in [7, 11) is 0. The maximum atomic E-state index is 3.87. The highest BCUT2D eigenvalue weighted by Gasteiger charge is 1.90. The van der Waals surface area contributed by atoms with Crippen LogP contribution in [0.5, 0.6) is 0 Å². The number of hydrogen-bond donors (Lipinski definition) is 0. The van der Waals surface area contributed by atoms with E-state index in [1.165, 1.54) is 6.33 Å². The van der Waals surface area contributed by atoms with Gasteiger partial charge in [0.25, 0.3) is 0 Å². The fourth-order valence-corrected chi connectivity index (χ4v) is 1.06. The Bertz CT molecular complexity index is 162. The van der Waals surface area contributed by atoms with Gasteiger partial charge in [-0.05, 0) is 23.6 Å². The average Bonchev–Trinajstić information content (AvgIpc) is 2.41. The topological polar surface area (TPSA) is 43.6 Å². The summed E-state index contributed by atoms with van der Waals surface area (Å²) in [4.78, 5) is 1.61. The van der Waals surface area contributed by atoms with Crippen molar-refractivity contribution in [3.8, 4) is 0 Å². The van der Waals surface area contributed by atoms with Crippen molar-refractivity contribution in [1.82, 2.24) is 20.2 Å². The van der Waals surface area contributed by atoms with E-state index in [0.717, 1.165) is 18.7 Å². The predicted molar refractivity (Wildman–Crippen MR) is 40.8 cm³/mol. The fraction of sp³-hybridized carbons (Fsp3) is 0.800. The van der Waals surface area contributed by atoms with Crippen LogP contribution >= 0.6 is 11.8 Å². The molecule has 0 aliphatic carbocycles. The smallest absolute Gasteiger partial charge is 0.162 e. The Morgan fingerprint density at radius 3 is 3.10 bits per heavy atom. The molecule has 0 fully saturated rings. The highest BCUT2D eigenvalue weighted by Crippen LogP contribution is 1.95. The maximum absolute atomic E-state index is 3.87. The molecule has 5 heteroatoms. The SMILES string of the molecule is CSCCCn1ncnn1.